The fourth-order valence-electron chi connectivity index (χ4n) is 7.08. The lowest BCUT2D eigenvalue weighted by Gasteiger charge is -2.37. The van der Waals surface area contributed by atoms with Crippen LogP contribution >= 0.6 is 0 Å². The molecule has 0 bridgehead atoms. The molecule has 0 saturated carbocycles. The normalized spacial score (nSPS) is 21.2. The van der Waals surface area contributed by atoms with Crippen LogP contribution in [0.4, 0.5) is 10.1 Å². The third kappa shape index (κ3) is 3.46. The van der Waals surface area contributed by atoms with Crippen LogP contribution in [-0.2, 0) is 0 Å². The average Bonchev–Trinajstić information content (AvgIpc) is 3.46. The van der Waals surface area contributed by atoms with Crippen molar-refractivity contribution in [3.63, 3.8) is 0 Å². The standard InChI is InChI=1S/C35H26FNO5/c1-41-24-14-10-20(11-15-24)30-31(32(38)22-6-5-7-25(19-22)42-2)37-28-16-13-23(36)18-21(28)12-17-29(37)35(30)33(39)26-8-3-4-9-27(26)34(35)40/h3-19,29-31H,1-2H3/t29-,30+,31+/m1/s1. The number of ketones is 3. The highest BCUT2D eigenvalue weighted by Crippen LogP contribution is 2.61. The van der Waals surface area contributed by atoms with E-state index in [2.05, 4.69) is 0 Å². The molecule has 42 heavy (non-hydrogen) atoms. The van der Waals surface area contributed by atoms with Crippen molar-refractivity contribution in [2.75, 3.05) is 19.1 Å². The zero-order valence-electron chi connectivity index (χ0n) is 22.9. The van der Waals surface area contributed by atoms with Gasteiger partial charge in [0, 0.05) is 33.9 Å². The molecule has 0 aromatic heterocycles. The van der Waals surface area contributed by atoms with E-state index in [1.54, 1.807) is 86.0 Å². The van der Waals surface area contributed by atoms with Crippen LogP contribution in [0.2, 0.25) is 0 Å². The summed E-state index contributed by atoms with van der Waals surface area (Å²) in [7, 11) is 3.08. The van der Waals surface area contributed by atoms with Gasteiger partial charge in [0.2, 0.25) is 0 Å². The number of anilines is 1. The van der Waals surface area contributed by atoms with E-state index in [1.165, 1.54) is 19.2 Å². The molecule has 1 fully saturated rings. The molecule has 2 heterocycles. The van der Waals surface area contributed by atoms with Crippen LogP contribution in [-0.4, -0.2) is 43.7 Å². The molecular formula is C35H26FNO5. The van der Waals surface area contributed by atoms with Gasteiger partial charge in [0.25, 0.3) is 0 Å². The van der Waals surface area contributed by atoms with Gasteiger partial charge in [0.05, 0.1) is 20.3 Å². The first-order valence-corrected chi connectivity index (χ1v) is 13.7. The fraction of sp³-hybridized carbons (Fsp3) is 0.171. The number of carbonyl (C=O) groups is 3. The molecule has 7 rings (SSSR count). The maximum atomic E-state index is 14.7. The van der Waals surface area contributed by atoms with Crippen molar-refractivity contribution in [1.82, 2.24) is 0 Å². The highest BCUT2D eigenvalue weighted by Gasteiger charge is 2.71. The summed E-state index contributed by atoms with van der Waals surface area (Å²) in [5.41, 5.74) is 1.22. The second-order valence-electron chi connectivity index (χ2n) is 10.8. The number of hydrogen-bond acceptors (Lipinski definition) is 6. The summed E-state index contributed by atoms with van der Waals surface area (Å²) >= 11 is 0. The minimum absolute atomic E-state index is 0.279. The van der Waals surface area contributed by atoms with E-state index in [0.717, 1.165) is 0 Å². The van der Waals surface area contributed by atoms with Gasteiger partial charge >= 0.3 is 0 Å². The van der Waals surface area contributed by atoms with Crippen molar-refractivity contribution >= 4 is 29.1 Å². The predicted octanol–water partition coefficient (Wildman–Crippen LogP) is 6.16. The van der Waals surface area contributed by atoms with Crippen molar-refractivity contribution in [2.24, 2.45) is 5.41 Å². The minimum atomic E-state index is -1.64. The number of nitrogens with zero attached hydrogens (tertiary/aromatic N) is 1. The molecule has 2 aliphatic heterocycles. The lowest BCUT2D eigenvalue weighted by molar-refractivity contribution is 0.0666. The van der Waals surface area contributed by atoms with E-state index >= 15 is 0 Å². The van der Waals surface area contributed by atoms with E-state index < -0.39 is 29.2 Å². The predicted molar refractivity (Wildman–Crippen MR) is 156 cm³/mol. The van der Waals surface area contributed by atoms with E-state index in [9.17, 15) is 18.8 Å². The first kappa shape index (κ1) is 25.9. The summed E-state index contributed by atoms with van der Waals surface area (Å²) < 4.78 is 25.2. The number of rotatable bonds is 5. The summed E-state index contributed by atoms with van der Waals surface area (Å²) in [5, 5.41) is 0. The van der Waals surface area contributed by atoms with Gasteiger partial charge in [-0.2, -0.15) is 0 Å². The molecule has 1 aliphatic carbocycles. The lowest BCUT2D eigenvalue weighted by Crippen LogP contribution is -2.48. The molecule has 6 nitrogen and oxygen atoms in total. The van der Waals surface area contributed by atoms with Gasteiger partial charge in [-0.15, -0.1) is 0 Å². The van der Waals surface area contributed by atoms with Crippen LogP contribution in [0, 0.1) is 11.2 Å². The number of halogens is 1. The SMILES string of the molecule is COc1ccc([C@H]2[C@@H](C(=O)c3cccc(OC)c3)N3c4ccc(F)cc4C=C[C@@H]3C23C(=O)c2ccccc2C3=O)cc1. The van der Waals surface area contributed by atoms with E-state index in [-0.39, 0.29) is 17.3 Å². The number of hydrogen-bond donors (Lipinski definition) is 0. The maximum absolute atomic E-state index is 14.7. The van der Waals surface area contributed by atoms with Crippen molar-refractivity contribution in [3.05, 3.63) is 131 Å². The Kier molecular flexibility index (Phi) is 5.87. The van der Waals surface area contributed by atoms with Crippen LogP contribution in [0.25, 0.3) is 6.08 Å². The van der Waals surface area contributed by atoms with Gasteiger partial charge < -0.3 is 14.4 Å². The Bertz CT molecular complexity index is 1780. The van der Waals surface area contributed by atoms with Gasteiger partial charge in [0.15, 0.2) is 17.3 Å². The average molecular weight is 560 g/mol. The molecule has 1 saturated heterocycles. The van der Waals surface area contributed by atoms with Crippen LogP contribution in [0.15, 0.2) is 97.1 Å². The highest BCUT2D eigenvalue weighted by atomic mass is 19.1. The Morgan fingerprint density at radius 2 is 1.50 bits per heavy atom. The summed E-state index contributed by atoms with van der Waals surface area (Å²) in [5.74, 6) is -1.11. The van der Waals surface area contributed by atoms with Gasteiger partial charge in [-0.3, -0.25) is 14.4 Å². The Morgan fingerprint density at radius 1 is 0.810 bits per heavy atom. The third-order valence-corrected chi connectivity index (χ3v) is 8.86. The number of methoxy groups -OCH3 is 2. The molecule has 0 unspecified atom stereocenters. The molecule has 208 valence electrons. The number of fused-ring (bicyclic) bond motifs is 5. The quantitative estimate of drug-likeness (QED) is 0.216. The van der Waals surface area contributed by atoms with Crippen LogP contribution in [0.5, 0.6) is 11.5 Å². The monoisotopic (exact) mass is 559 g/mol. The van der Waals surface area contributed by atoms with Gasteiger partial charge in [-0.25, -0.2) is 4.39 Å². The van der Waals surface area contributed by atoms with Gasteiger partial charge in [-0.1, -0.05) is 60.7 Å². The molecule has 0 N–H and O–H groups in total. The molecule has 7 heteroatoms. The summed E-state index contributed by atoms with van der Waals surface area (Å²) in [6.07, 6.45) is 3.52. The van der Waals surface area contributed by atoms with E-state index in [4.69, 9.17) is 9.47 Å². The second-order valence-corrected chi connectivity index (χ2v) is 10.8. The number of ether oxygens (including phenoxy) is 2. The van der Waals surface area contributed by atoms with Crippen LogP contribution in [0.3, 0.4) is 0 Å². The number of Topliss-reactive ketones (excluding diaryl/α,β-unsaturated/α-hetero) is 3. The Balaban J connectivity index is 1.53. The molecule has 3 aliphatic rings. The number of benzene rings is 4. The summed E-state index contributed by atoms with van der Waals surface area (Å²) in [6.45, 7) is 0. The smallest absolute Gasteiger partial charge is 0.186 e. The molecule has 0 radical (unpaired) electrons. The van der Waals surface area contributed by atoms with Gasteiger partial charge in [-0.05, 0) is 48.0 Å². The molecule has 1 spiro atoms. The lowest BCUT2D eigenvalue weighted by atomic mass is 9.64. The Labute approximate surface area is 242 Å². The topological polar surface area (TPSA) is 72.9 Å². The highest BCUT2D eigenvalue weighted by molar-refractivity contribution is 6.32. The van der Waals surface area contributed by atoms with Gasteiger partial charge in [0.1, 0.15) is 28.8 Å². The van der Waals surface area contributed by atoms with Crippen molar-refractivity contribution in [3.8, 4) is 11.5 Å². The van der Waals surface area contributed by atoms with Crippen molar-refractivity contribution in [2.45, 2.75) is 18.0 Å². The summed E-state index contributed by atoms with van der Waals surface area (Å²) in [6, 6.07) is 23.4. The number of carbonyl (C=O) groups excluding carboxylic acids is 3. The molecule has 4 aromatic carbocycles. The second kappa shape index (κ2) is 9.52. The van der Waals surface area contributed by atoms with Crippen molar-refractivity contribution < 1.29 is 28.2 Å². The summed E-state index contributed by atoms with van der Waals surface area (Å²) in [4.78, 5) is 45.9. The molecule has 4 aromatic rings. The fourth-order valence-corrected chi connectivity index (χ4v) is 7.08. The molecule has 3 atom stereocenters. The third-order valence-electron chi connectivity index (χ3n) is 8.86. The maximum Gasteiger partial charge on any atom is 0.186 e. The largest absolute Gasteiger partial charge is 0.497 e. The zero-order valence-corrected chi connectivity index (χ0v) is 22.9. The zero-order chi connectivity index (χ0) is 29.2. The van der Waals surface area contributed by atoms with Crippen LogP contribution < -0.4 is 14.4 Å². The Morgan fingerprint density at radius 3 is 2.17 bits per heavy atom. The van der Waals surface area contributed by atoms with E-state index in [1.807, 2.05) is 17.0 Å². The molecule has 0 amide bonds. The first-order chi connectivity index (χ1) is 20.4. The van der Waals surface area contributed by atoms with Crippen LogP contribution in [0.1, 0.15) is 48.1 Å². The molecular weight excluding hydrogens is 533 g/mol. The first-order valence-electron chi connectivity index (χ1n) is 13.7. The Hall–Kier alpha value is -5.04. The minimum Gasteiger partial charge on any atom is -0.497 e. The van der Waals surface area contributed by atoms with E-state index in [0.29, 0.717) is 45.0 Å². The van der Waals surface area contributed by atoms with Crippen molar-refractivity contribution in [1.29, 1.82) is 0 Å².